The zero-order valence-electron chi connectivity index (χ0n) is 53.5. The van der Waals surface area contributed by atoms with Crippen molar-refractivity contribution in [2.24, 2.45) is 56.4 Å². The van der Waals surface area contributed by atoms with Gasteiger partial charge in [0.2, 0.25) is 11.8 Å². The minimum atomic E-state index is -0.394. The van der Waals surface area contributed by atoms with Crippen LogP contribution in [-0.2, 0) is 105 Å². The van der Waals surface area contributed by atoms with E-state index in [-0.39, 0.29) is 70.4 Å². The zero-order valence-corrected chi connectivity index (χ0v) is 53.5. The van der Waals surface area contributed by atoms with Crippen LogP contribution in [0.5, 0.6) is 0 Å². The van der Waals surface area contributed by atoms with Gasteiger partial charge in [0.15, 0.2) is 44.7 Å². The average Bonchev–Trinajstić information content (AvgIpc) is 1.61. The molecule has 0 saturated heterocycles. The topological polar surface area (TPSA) is 305 Å². The molecule has 0 aliphatic heterocycles. The molecule has 2 N–H and O–H groups in total. The second-order valence-electron chi connectivity index (χ2n) is 24.0. The third kappa shape index (κ3) is 13.1. The highest BCUT2D eigenvalue weighted by atomic mass is 16.2. The number of carbonyl (C=O) groups is 2. The van der Waals surface area contributed by atoms with Crippen molar-refractivity contribution in [2.75, 3.05) is 0 Å². The first kappa shape index (κ1) is 64.9. The smallest absolute Gasteiger partial charge is 0.332 e. The van der Waals surface area contributed by atoms with Crippen molar-refractivity contribution in [2.45, 2.75) is 141 Å². The summed E-state index contributed by atoms with van der Waals surface area (Å²) in [5.41, 5.74) is 5.57. The molecule has 92 heavy (non-hydrogen) atoms. The molecule has 0 bridgehead atoms. The first-order valence-electron chi connectivity index (χ1n) is 31.4. The van der Waals surface area contributed by atoms with Crippen molar-refractivity contribution in [1.29, 1.82) is 0 Å². The van der Waals surface area contributed by atoms with E-state index in [0.717, 1.165) is 108 Å². The number of imidazole rings is 4. The molecule has 28 nitrogen and oxygen atoms in total. The lowest BCUT2D eigenvalue weighted by Gasteiger charge is -2.16. The van der Waals surface area contributed by atoms with Gasteiger partial charge in [0.1, 0.15) is 0 Å². The lowest BCUT2D eigenvalue weighted by atomic mass is 10.1. The quantitative estimate of drug-likeness (QED) is 0.0978. The van der Waals surface area contributed by atoms with E-state index in [9.17, 15) is 47.9 Å². The Morgan fingerprint density at radius 3 is 0.891 bits per heavy atom. The molecule has 2 atom stereocenters. The van der Waals surface area contributed by atoms with E-state index < -0.39 is 11.4 Å². The molecule has 0 fully saturated rings. The van der Waals surface area contributed by atoms with E-state index in [1.165, 1.54) is 68.7 Å². The highest BCUT2D eigenvalue weighted by Gasteiger charge is 2.26. The van der Waals surface area contributed by atoms with Crippen molar-refractivity contribution >= 4 is 56.5 Å². The normalized spacial score (nSPS) is 14.2. The molecule has 8 aromatic heterocycles. The minimum absolute atomic E-state index is 0.0475. The number of benzene rings is 2. The second kappa shape index (κ2) is 28.0. The Morgan fingerprint density at radius 2 is 0.620 bits per heavy atom. The summed E-state index contributed by atoms with van der Waals surface area (Å²) >= 11 is 0. The van der Waals surface area contributed by atoms with Crippen LogP contribution in [0.2, 0.25) is 0 Å². The van der Waals surface area contributed by atoms with E-state index in [1.807, 2.05) is 33.4 Å². The minimum Gasteiger partial charge on any atom is -0.349 e. The Bertz CT molecular complexity index is 4630. The number of rotatable bonds is 21. The summed E-state index contributed by atoms with van der Waals surface area (Å²) in [6.07, 6.45) is 20.3. The number of hydrogen-bond acceptors (Lipinski definition) is 14. The molecular formula is C64H80N18O10. The molecule has 2 aliphatic rings. The number of nitrogens with zero attached hydrogens (tertiary/aromatic N) is 16. The number of aryl methyl sites for hydroxylation is 10. The second-order valence-corrected chi connectivity index (χ2v) is 24.0. The Balaban J connectivity index is 0.000000152. The molecule has 0 spiro atoms. The number of unbranched alkanes of at least 4 members (excludes halogenated alkanes) is 8. The third-order valence-electron chi connectivity index (χ3n) is 18.0. The van der Waals surface area contributed by atoms with Gasteiger partial charge in [-0.3, -0.25) is 65.3 Å². The number of carbonyl (C=O) groups excluding carboxylic acids is 2. The van der Waals surface area contributed by atoms with Gasteiger partial charge >= 0.3 is 22.8 Å². The molecule has 2 aromatic carbocycles. The van der Waals surface area contributed by atoms with Crippen LogP contribution in [0, 0.1) is 0 Å². The van der Waals surface area contributed by atoms with Crippen LogP contribution in [0.1, 0.15) is 124 Å². The van der Waals surface area contributed by atoms with Gasteiger partial charge in [-0.05, 0) is 73.6 Å². The first-order valence-corrected chi connectivity index (χ1v) is 31.4. The molecule has 0 radical (unpaired) electrons. The summed E-state index contributed by atoms with van der Waals surface area (Å²) in [6.45, 7) is 2.60. The predicted octanol–water partition coefficient (Wildman–Crippen LogP) is 3.04. The largest absolute Gasteiger partial charge is 0.349 e. The van der Waals surface area contributed by atoms with Crippen molar-refractivity contribution < 1.29 is 9.59 Å². The molecule has 2 unspecified atom stereocenters. The Labute approximate surface area is 526 Å². The summed E-state index contributed by atoms with van der Waals surface area (Å²) in [5, 5.41) is 6.16. The fourth-order valence-electron chi connectivity index (χ4n) is 12.6. The molecule has 0 saturated carbocycles. The maximum absolute atomic E-state index is 12.5. The van der Waals surface area contributed by atoms with Gasteiger partial charge < -0.3 is 28.9 Å². The fourth-order valence-corrected chi connectivity index (χ4v) is 12.6. The van der Waals surface area contributed by atoms with Gasteiger partial charge in [-0.2, -0.15) is 0 Å². The Hall–Kier alpha value is -10.0. The van der Waals surface area contributed by atoms with Crippen LogP contribution < -0.4 is 55.6 Å². The molecule has 2 aliphatic carbocycles. The van der Waals surface area contributed by atoms with Crippen LogP contribution in [-0.4, -0.2) is 86.6 Å². The summed E-state index contributed by atoms with van der Waals surface area (Å²) in [5.74, 6) is -0.0950. The van der Waals surface area contributed by atoms with Crippen LogP contribution in [0.3, 0.4) is 0 Å². The first-order chi connectivity index (χ1) is 44.2. The standard InChI is InChI=1S/C22H30N8O4.C22H24N2O2.C20H26N8O4/c1-25-17-15(19(31)27(3)21(25)33)29(13-23-17)11-9-7-5-6-8-10-12-30-14-24-18-16(30)20(32)28(4)22(34)26(18)2;25-21(23-19-11-9-15-5-1-3-7-17(15)19)13-14-22(26)24-20-12-10-16-6-2-4-8-18(16)20;1-23-15-13(17(29)25(3)19(23)31)27(11-21-15)9-7-5-6-8-10-28-12-22-16-14(28)18(30)26(4)20(32)24(16)2/h13-14H,5-12H2,1-4H3;1-8,19-20H,9-14H2,(H,23,25)(H,24,26);11-12H,5-10H2,1-4H3. The van der Waals surface area contributed by atoms with Crippen molar-refractivity contribution in [1.82, 2.24) is 85.4 Å². The van der Waals surface area contributed by atoms with E-state index >= 15 is 0 Å². The number of nitrogens with one attached hydrogen (secondary N) is 2. The molecule has 10 aromatic rings. The number of hydrogen-bond donors (Lipinski definition) is 2. The summed E-state index contributed by atoms with van der Waals surface area (Å²) in [6, 6.07) is 16.7. The summed E-state index contributed by atoms with van der Waals surface area (Å²) in [7, 11) is 12.3. The molecule has 2 amide bonds. The Morgan fingerprint density at radius 1 is 0.370 bits per heavy atom. The third-order valence-corrected chi connectivity index (χ3v) is 18.0. The maximum atomic E-state index is 12.5. The van der Waals surface area contributed by atoms with Crippen LogP contribution >= 0.6 is 0 Å². The van der Waals surface area contributed by atoms with E-state index in [0.29, 0.717) is 70.8 Å². The van der Waals surface area contributed by atoms with Crippen LogP contribution in [0.25, 0.3) is 44.7 Å². The monoisotopic (exact) mass is 1260 g/mol. The fraction of sp³-hybridized carbons (Fsp3) is 0.469. The zero-order chi connectivity index (χ0) is 65.7. The molecule has 8 heterocycles. The summed E-state index contributed by atoms with van der Waals surface area (Å²) in [4.78, 5) is 140. The SMILES string of the molecule is Cn1c(=O)c2c(ncn2CCCCCCCCn2cnc3c2c(=O)n(C)c(=O)n3C)n(C)c1=O.Cn1c(=O)c2c(ncn2CCCCCCn2cnc3c2c(=O)n(C)c(=O)n3C)n(C)c1=O.O=C(CCC(=O)NC1CCc2ccccc21)NC1CCc2ccccc21. The lowest BCUT2D eigenvalue weighted by molar-refractivity contribution is -0.127. The maximum Gasteiger partial charge on any atom is 0.332 e. The number of aromatic nitrogens is 16. The number of amides is 2. The van der Waals surface area contributed by atoms with E-state index in [4.69, 9.17) is 0 Å². The molecular weight excluding hydrogens is 1180 g/mol. The molecule has 12 rings (SSSR count). The highest BCUT2D eigenvalue weighted by Crippen LogP contribution is 2.32. The van der Waals surface area contributed by atoms with Gasteiger partial charge in [0.05, 0.1) is 37.4 Å². The van der Waals surface area contributed by atoms with E-state index in [1.54, 1.807) is 62.6 Å². The Kier molecular flexibility index (Phi) is 19.8. The van der Waals surface area contributed by atoms with Crippen LogP contribution in [0.4, 0.5) is 0 Å². The molecule has 486 valence electrons. The van der Waals surface area contributed by atoms with Gasteiger partial charge in [0, 0.05) is 95.4 Å². The van der Waals surface area contributed by atoms with E-state index in [2.05, 4.69) is 54.8 Å². The van der Waals surface area contributed by atoms with Gasteiger partial charge in [-0.15, -0.1) is 0 Å². The predicted molar refractivity (Wildman–Crippen MR) is 348 cm³/mol. The van der Waals surface area contributed by atoms with Gasteiger partial charge in [-0.1, -0.05) is 87.1 Å². The van der Waals surface area contributed by atoms with Crippen molar-refractivity contribution in [3.63, 3.8) is 0 Å². The average molecular weight is 1260 g/mol. The van der Waals surface area contributed by atoms with Crippen LogP contribution in [0.15, 0.2) is 112 Å². The van der Waals surface area contributed by atoms with Gasteiger partial charge in [-0.25, -0.2) is 39.1 Å². The van der Waals surface area contributed by atoms with Gasteiger partial charge in [0.25, 0.3) is 22.2 Å². The highest BCUT2D eigenvalue weighted by molar-refractivity contribution is 5.84. The van der Waals surface area contributed by atoms with Crippen molar-refractivity contribution in [3.8, 4) is 0 Å². The lowest BCUT2D eigenvalue weighted by Crippen LogP contribution is -2.37. The summed E-state index contributed by atoms with van der Waals surface area (Å²) < 4.78 is 17.2. The number of fused-ring (bicyclic) bond motifs is 6. The molecule has 28 heteroatoms. The van der Waals surface area contributed by atoms with Crippen molar-refractivity contribution in [3.05, 3.63) is 179 Å².